The van der Waals surface area contributed by atoms with Crippen LogP contribution in [0.25, 0.3) is 0 Å². The van der Waals surface area contributed by atoms with E-state index in [1.54, 1.807) is 0 Å². The van der Waals surface area contributed by atoms with Crippen molar-refractivity contribution in [2.24, 2.45) is 0 Å². The largest absolute Gasteiger partial charge is 0.382 e. The minimum absolute atomic E-state index is 0.374. The normalized spacial score (nSPS) is 18.5. The molecule has 2 nitrogen and oxygen atoms in total. The summed E-state index contributed by atoms with van der Waals surface area (Å²) in [7, 11) is 0. The number of ether oxygens (including phenoxy) is 1. The van der Waals surface area contributed by atoms with Crippen LogP contribution < -0.4 is 5.32 Å². The molecule has 0 saturated carbocycles. The standard InChI is InChI=1S/C17H27NO/c1-2-3-4-5-8-13-19-16-12-11-15-9-6-7-10-17(15)18-14-16/h6-7,9-10,16,18H,2-5,8,11-14H2,1H3. The van der Waals surface area contributed by atoms with E-state index in [4.69, 9.17) is 4.74 Å². The van der Waals surface area contributed by atoms with Crippen molar-refractivity contribution >= 4 is 5.69 Å². The van der Waals surface area contributed by atoms with Gasteiger partial charge in [-0.15, -0.1) is 0 Å². The van der Waals surface area contributed by atoms with Crippen LogP contribution in [-0.4, -0.2) is 19.3 Å². The van der Waals surface area contributed by atoms with E-state index in [9.17, 15) is 0 Å². The Labute approximate surface area is 117 Å². The molecule has 1 atom stereocenters. The molecule has 1 heterocycles. The molecule has 0 amide bonds. The van der Waals surface area contributed by atoms with Gasteiger partial charge in [0.1, 0.15) is 0 Å². The summed E-state index contributed by atoms with van der Waals surface area (Å²) in [4.78, 5) is 0. The molecule has 1 aliphatic heterocycles. The number of hydrogen-bond donors (Lipinski definition) is 1. The van der Waals surface area contributed by atoms with E-state index in [2.05, 4.69) is 36.5 Å². The second kappa shape index (κ2) is 8.21. The number of aryl methyl sites for hydroxylation is 1. The van der Waals surface area contributed by atoms with Crippen molar-refractivity contribution in [3.05, 3.63) is 29.8 Å². The van der Waals surface area contributed by atoms with Gasteiger partial charge in [-0.1, -0.05) is 50.8 Å². The first-order valence-corrected chi connectivity index (χ1v) is 7.83. The highest BCUT2D eigenvalue weighted by atomic mass is 16.5. The zero-order valence-electron chi connectivity index (χ0n) is 12.2. The lowest BCUT2D eigenvalue weighted by molar-refractivity contribution is 0.0547. The molecule has 0 fully saturated rings. The molecule has 19 heavy (non-hydrogen) atoms. The van der Waals surface area contributed by atoms with Gasteiger partial charge < -0.3 is 10.1 Å². The molecule has 1 aromatic carbocycles. The summed E-state index contributed by atoms with van der Waals surface area (Å²) in [5.74, 6) is 0. The third kappa shape index (κ3) is 4.87. The molecule has 0 radical (unpaired) electrons. The van der Waals surface area contributed by atoms with Gasteiger partial charge in [0.05, 0.1) is 6.10 Å². The van der Waals surface area contributed by atoms with Crippen molar-refractivity contribution in [2.45, 2.75) is 58.0 Å². The van der Waals surface area contributed by atoms with Crippen LogP contribution in [-0.2, 0) is 11.2 Å². The quantitative estimate of drug-likeness (QED) is 0.734. The first-order chi connectivity index (χ1) is 9.40. The van der Waals surface area contributed by atoms with E-state index >= 15 is 0 Å². The molecule has 0 spiro atoms. The van der Waals surface area contributed by atoms with Crippen molar-refractivity contribution in [3.8, 4) is 0 Å². The van der Waals surface area contributed by atoms with Gasteiger partial charge in [0, 0.05) is 18.8 Å². The van der Waals surface area contributed by atoms with Crippen LogP contribution in [0.5, 0.6) is 0 Å². The highest BCUT2D eigenvalue weighted by Gasteiger charge is 2.15. The van der Waals surface area contributed by atoms with Crippen LogP contribution in [0.3, 0.4) is 0 Å². The van der Waals surface area contributed by atoms with Crippen LogP contribution in [0.15, 0.2) is 24.3 Å². The zero-order valence-corrected chi connectivity index (χ0v) is 12.2. The van der Waals surface area contributed by atoms with Gasteiger partial charge in [-0.3, -0.25) is 0 Å². The summed E-state index contributed by atoms with van der Waals surface area (Å²) in [6.07, 6.45) is 9.19. The Bertz CT molecular complexity index is 337. The number of anilines is 1. The maximum Gasteiger partial charge on any atom is 0.0750 e. The third-order valence-electron chi connectivity index (χ3n) is 3.87. The Balaban J connectivity index is 1.65. The molecule has 1 N–H and O–H groups in total. The SMILES string of the molecule is CCCCCCCOC1CCc2ccccc2NC1. The number of unbranched alkanes of at least 4 members (excludes halogenated alkanes) is 4. The molecule has 2 heteroatoms. The van der Waals surface area contributed by atoms with Crippen LogP contribution in [0.1, 0.15) is 51.0 Å². The van der Waals surface area contributed by atoms with Gasteiger partial charge in [-0.25, -0.2) is 0 Å². The van der Waals surface area contributed by atoms with E-state index < -0.39 is 0 Å². The van der Waals surface area contributed by atoms with E-state index in [0.717, 1.165) is 26.0 Å². The molecule has 0 aromatic heterocycles. The first kappa shape index (κ1) is 14.4. The van der Waals surface area contributed by atoms with Gasteiger partial charge in [0.15, 0.2) is 0 Å². The third-order valence-corrected chi connectivity index (χ3v) is 3.87. The van der Waals surface area contributed by atoms with Gasteiger partial charge in [-0.05, 0) is 30.9 Å². The molecular weight excluding hydrogens is 234 g/mol. The number of fused-ring (bicyclic) bond motifs is 1. The lowest BCUT2D eigenvalue weighted by Crippen LogP contribution is -2.22. The lowest BCUT2D eigenvalue weighted by Gasteiger charge is -2.15. The predicted octanol–water partition coefficient (Wildman–Crippen LogP) is 4.40. The fourth-order valence-electron chi connectivity index (χ4n) is 2.65. The van der Waals surface area contributed by atoms with E-state index in [1.165, 1.54) is 43.4 Å². The maximum atomic E-state index is 6.01. The van der Waals surface area contributed by atoms with Crippen molar-refractivity contribution in [2.75, 3.05) is 18.5 Å². The van der Waals surface area contributed by atoms with Crippen LogP contribution in [0.4, 0.5) is 5.69 Å². The highest BCUT2D eigenvalue weighted by molar-refractivity contribution is 5.51. The summed E-state index contributed by atoms with van der Waals surface area (Å²) >= 11 is 0. The molecular formula is C17H27NO. The van der Waals surface area contributed by atoms with Gasteiger partial charge in [-0.2, -0.15) is 0 Å². The average molecular weight is 261 g/mol. The zero-order chi connectivity index (χ0) is 13.3. The minimum atomic E-state index is 0.374. The molecule has 1 aliphatic rings. The Morgan fingerprint density at radius 2 is 2.00 bits per heavy atom. The van der Waals surface area contributed by atoms with Gasteiger partial charge >= 0.3 is 0 Å². The summed E-state index contributed by atoms with van der Waals surface area (Å²) in [5.41, 5.74) is 2.72. The number of rotatable bonds is 7. The molecule has 1 aromatic rings. The Kier molecular flexibility index (Phi) is 6.22. The topological polar surface area (TPSA) is 21.3 Å². The summed E-state index contributed by atoms with van der Waals surface area (Å²) in [6.45, 7) is 4.13. The molecule has 2 rings (SSSR count). The summed E-state index contributed by atoms with van der Waals surface area (Å²) in [6, 6.07) is 8.61. The number of para-hydroxylation sites is 1. The van der Waals surface area contributed by atoms with E-state index in [1.807, 2.05) is 0 Å². The van der Waals surface area contributed by atoms with E-state index in [-0.39, 0.29) is 0 Å². The Morgan fingerprint density at radius 3 is 2.89 bits per heavy atom. The van der Waals surface area contributed by atoms with Gasteiger partial charge in [0.2, 0.25) is 0 Å². The monoisotopic (exact) mass is 261 g/mol. The molecule has 0 bridgehead atoms. The fourth-order valence-corrected chi connectivity index (χ4v) is 2.65. The molecule has 1 unspecified atom stereocenters. The second-order valence-electron chi connectivity index (χ2n) is 5.48. The highest BCUT2D eigenvalue weighted by Crippen LogP contribution is 2.22. The van der Waals surface area contributed by atoms with Crippen LogP contribution in [0.2, 0.25) is 0 Å². The Hall–Kier alpha value is -1.02. The first-order valence-electron chi connectivity index (χ1n) is 7.83. The minimum Gasteiger partial charge on any atom is -0.382 e. The second-order valence-corrected chi connectivity index (χ2v) is 5.48. The van der Waals surface area contributed by atoms with Crippen molar-refractivity contribution in [1.29, 1.82) is 0 Å². The van der Waals surface area contributed by atoms with Crippen molar-refractivity contribution in [1.82, 2.24) is 0 Å². The number of nitrogens with one attached hydrogen (secondary N) is 1. The molecule has 0 saturated heterocycles. The summed E-state index contributed by atoms with van der Waals surface area (Å²) in [5, 5.41) is 3.51. The predicted molar refractivity (Wildman–Crippen MR) is 81.8 cm³/mol. The molecule has 0 aliphatic carbocycles. The number of benzene rings is 1. The lowest BCUT2D eigenvalue weighted by atomic mass is 10.1. The van der Waals surface area contributed by atoms with Crippen LogP contribution >= 0.6 is 0 Å². The van der Waals surface area contributed by atoms with E-state index in [0.29, 0.717) is 6.10 Å². The van der Waals surface area contributed by atoms with Crippen molar-refractivity contribution in [3.63, 3.8) is 0 Å². The fraction of sp³-hybridized carbons (Fsp3) is 0.647. The van der Waals surface area contributed by atoms with Gasteiger partial charge in [0.25, 0.3) is 0 Å². The number of hydrogen-bond acceptors (Lipinski definition) is 2. The Morgan fingerprint density at radius 1 is 1.16 bits per heavy atom. The maximum absolute atomic E-state index is 6.01. The van der Waals surface area contributed by atoms with Crippen molar-refractivity contribution < 1.29 is 4.74 Å². The van der Waals surface area contributed by atoms with Crippen LogP contribution in [0, 0.1) is 0 Å². The average Bonchev–Trinajstić information content (AvgIpc) is 2.65. The summed E-state index contributed by atoms with van der Waals surface area (Å²) < 4.78 is 6.01. The molecule has 106 valence electrons. The smallest absolute Gasteiger partial charge is 0.0750 e.